The maximum atomic E-state index is 13.7. The average molecular weight is 569 g/mol. The number of unbranched alkanes of at least 4 members (excludes halogenated alkanes) is 2. The van der Waals surface area contributed by atoms with Gasteiger partial charge in [-0.1, -0.05) is 75.2 Å². The van der Waals surface area contributed by atoms with Gasteiger partial charge in [0.05, 0.1) is 17.9 Å². The largest absolute Gasteiger partial charge is 0.477 e. The van der Waals surface area contributed by atoms with Crippen LogP contribution in [0.5, 0.6) is 5.88 Å². The summed E-state index contributed by atoms with van der Waals surface area (Å²) in [4.78, 5) is 25.5. The first-order chi connectivity index (χ1) is 19.2. The van der Waals surface area contributed by atoms with Gasteiger partial charge in [-0.25, -0.2) is 9.78 Å². The van der Waals surface area contributed by atoms with E-state index in [1.165, 1.54) is 0 Å². The first-order valence-electron chi connectivity index (χ1n) is 15.8. The molecule has 1 saturated carbocycles. The molecule has 2 atom stereocenters. The van der Waals surface area contributed by atoms with Crippen LogP contribution in [-0.2, 0) is 9.53 Å². The summed E-state index contributed by atoms with van der Waals surface area (Å²) in [7, 11) is 0. The number of nitrogens with zero attached hydrogens (tertiary/aromatic N) is 4. The molecule has 0 N–H and O–H groups in total. The fourth-order valence-corrected chi connectivity index (χ4v) is 5.94. The van der Waals surface area contributed by atoms with Gasteiger partial charge in [0.2, 0.25) is 11.8 Å². The molecule has 1 aliphatic rings. The van der Waals surface area contributed by atoms with E-state index < -0.39 is 5.97 Å². The van der Waals surface area contributed by atoms with Crippen molar-refractivity contribution in [2.45, 2.75) is 121 Å². The summed E-state index contributed by atoms with van der Waals surface area (Å²) in [6.45, 7) is 25.9. The molecule has 1 aliphatic carbocycles. The lowest BCUT2D eigenvalue weighted by Crippen LogP contribution is -2.49. The van der Waals surface area contributed by atoms with Crippen molar-refractivity contribution in [2.75, 3.05) is 24.6 Å². The Bertz CT molecular complexity index is 1050. The molecule has 1 fully saturated rings. The van der Waals surface area contributed by atoms with Crippen LogP contribution in [-0.4, -0.2) is 41.7 Å². The minimum absolute atomic E-state index is 0.0382. The number of nitriles is 1. The summed E-state index contributed by atoms with van der Waals surface area (Å²) in [5, 5.41) is 10.1. The van der Waals surface area contributed by atoms with Crippen molar-refractivity contribution in [3.63, 3.8) is 0 Å². The third kappa shape index (κ3) is 9.45. The van der Waals surface area contributed by atoms with Gasteiger partial charge in [-0.3, -0.25) is 0 Å². The fraction of sp³-hybridized carbons (Fsp3) is 0.765. The molecule has 2 rings (SSSR count). The Morgan fingerprint density at radius 3 is 1.98 bits per heavy atom. The van der Waals surface area contributed by atoms with Crippen LogP contribution in [0.15, 0.2) is 5.57 Å². The molecule has 0 spiro atoms. The number of aromatic nitrogens is 2. The molecular weight excluding hydrogens is 512 g/mol. The Morgan fingerprint density at radius 2 is 1.54 bits per heavy atom. The Morgan fingerprint density at radius 1 is 1.00 bits per heavy atom. The van der Waals surface area contributed by atoms with Crippen molar-refractivity contribution >= 4 is 18.0 Å². The Hall–Kier alpha value is -2.62. The lowest BCUT2D eigenvalue weighted by molar-refractivity contribution is -0.164. The molecule has 0 radical (unpaired) electrons. The molecule has 0 saturated heterocycles. The van der Waals surface area contributed by atoms with E-state index in [4.69, 9.17) is 19.4 Å². The minimum Gasteiger partial charge on any atom is -0.477 e. The van der Waals surface area contributed by atoms with Crippen LogP contribution in [0.4, 0.5) is 5.95 Å². The first kappa shape index (κ1) is 34.6. The van der Waals surface area contributed by atoms with E-state index >= 15 is 0 Å². The molecule has 1 aromatic rings. The van der Waals surface area contributed by atoms with Gasteiger partial charge < -0.3 is 14.4 Å². The lowest BCUT2D eigenvalue weighted by Gasteiger charge is -2.50. The van der Waals surface area contributed by atoms with Gasteiger partial charge in [0.25, 0.3) is 0 Å². The summed E-state index contributed by atoms with van der Waals surface area (Å²) in [6, 6.07) is 2.11. The zero-order valence-corrected chi connectivity index (χ0v) is 27.8. The van der Waals surface area contributed by atoms with E-state index in [0.29, 0.717) is 35.6 Å². The number of anilines is 1. The number of esters is 1. The second-order valence-corrected chi connectivity index (χ2v) is 14.0. The van der Waals surface area contributed by atoms with Gasteiger partial charge >= 0.3 is 5.97 Å². The van der Waals surface area contributed by atoms with E-state index in [1.54, 1.807) is 6.08 Å². The van der Waals surface area contributed by atoms with Crippen LogP contribution < -0.4 is 9.64 Å². The van der Waals surface area contributed by atoms with Crippen molar-refractivity contribution in [1.29, 1.82) is 5.26 Å². The van der Waals surface area contributed by atoms with E-state index in [9.17, 15) is 10.1 Å². The minimum atomic E-state index is -0.589. The van der Waals surface area contributed by atoms with Crippen LogP contribution in [0, 0.1) is 46.8 Å². The van der Waals surface area contributed by atoms with Gasteiger partial charge in [0, 0.05) is 24.9 Å². The van der Waals surface area contributed by atoms with Crippen molar-refractivity contribution < 1.29 is 14.3 Å². The normalized spacial score (nSPS) is 21.8. The van der Waals surface area contributed by atoms with Crippen molar-refractivity contribution in [3.8, 4) is 11.9 Å². The highest BCUT2D eigenvalue weighted by atomic mass is 16.5. The Balaban J connectivity index is 2.50. The first-order valence-corrected chi connectivity index (χ1v) is 15.8. The third-order valence-corrected chi connectivity index (χ3v) is 8.42. The van der Waals surface area contributed by atoms with Crippen molar-refractivity contribution in [2.24, 2.45) is 28.6 Å². The highest BCUT2D eigenvalue weighted by Gasteiger charge is 2.48. The monoisotopic (exact) mass is 568 g/mol. The molecule has 41 heavy (non-hydrogen) atoms. The quantitative estimate of drug-likeness (QED) is 0.143. The topological polar surface area (TPSA) is 88.3 Å². The number of carbonyl (C=O) groups is 1. The molecule has 230 valence electrons. The summed E-state index contributed by atoms with van der Waals surface area (Å²) >= 11 is 0. The molecule has 0 aromatic carbocycles. The maximum absolute atomic E-state index is 13.7. The number of carbonyl (C=O) groups excluding carboxylic acids is 1. The van der Waals surface area contributed by atoms with Gasteiger partial charge in [0.1, 0.15) is 17.7 Å². The van der Waals surface area contributed by atoms with E-state index in [0.717, 1.165) is 51.6 Å². The zero-order valence-electron chi connectivity index (χ0n) is 27.8. The second kappa shape index (κ2) is 15.0. The predicted octanol–water partition coefficient (Wildman–Crippen LogP) is 8.16. The molecule has 0 amide bonds. The average Bonchev–Trinajstić information content (AvgIpc) is 2.88. The molecule has 1 aromatic heterocycles. The SMILES string of the molecule is CCCCN(CCCC)c1nc(C)c(/C=C(\C#N)C(=O)OC2C(C(C)(C)C)CC(C)CC2C(C)(C)C)c(OCC)n1. The molecule has 7 nitrogen and oxygen atoms in total. The number of ether oxygens (including phenoxy) is 2. The van der Waals surface area contributed by atoms with Gasteiger partial charge in [-0.05, 0) is 62.4 Å². The lowest BCUT2D eigenvalue weighted by atomic mass is 9.59. The molecule has 1 heterocycles. The summed E-state index contributed by atoms with van der Waals surface area (Å²) in [5.74, 6) is 1.36. The predicted molar refractivity (Wildman–Crippen MR) is 168 cm³/mol. The summed E-state index contributed by atoms with van der Waals surface area (Å²) in [5.41, 5.74) is 1.08. The van der Waals surface area contributed by atoms with Gasteiger partial charge in [-0.15, -0.1) is 0 Å². The molecule has 7 heteroatoms. The highest BCUT2D eigenvalue weighted by Crippen LogP contribution is 2.49. The number of rotatable bonds is 12. The Kier molecular flexibility index (Phi) is 12.7. The molecule has 0 aliphatic heterocycles. The zero-order chi connectivity index (χ0) is 31.0. The van der Waals surface area contributed by atoms with Gasteiger partial charge in [0.15, 0.2) is 0 Å². The van der Waals surface area contributed by atoms with Crippen molar-refractivity contribution in [1.82, 2.24) is 9.97 Å². The second-order valence-electron chi connectivity index (χ2n) is 14.0. The van der Waals surface area contributed by atoms with E-state index in [2.05, 4.69) is 73.3 Å². The van der Waals surface area contributed by atoms with Crippen LogP contribution >= 0.6 is 0 Å². The van der Waals surface area contributed by atoms with Crippen LogP contribution in [0.25, 0.3) is 6.08 Å². The number of hydrogen-bond acceptors (Lipinski definition) is 7. The van der Waals surface area contributed by atoms with E-state index in [-0.39, 0.29) is 34.3 Å². The highest BCUT2D eigenvalue weighted by molar-refractivity contribution is 5.98. The smallest absolute Gasteiger partial charge is 0.349 e. The van der Waals surface area contributed by atoms with Gasteiger partial charge in [-0.2, -0.15) is 10.2 Å². The number of aryl methyl sites for hydroxylation is 1. The number of hydrogen-bond donors (Lipinski definition) is 0. The van der Waals surface area contributed by atoms with Crippen LogP contribution in [0.2, 0.25) is 0 Å². The Labute approximate surface area is 250 Å². The molecule has 2 unspecified atom stereocenters. The third-order valence-electron chi connectivity index (χ3n) is 8.42. The molecule has 0 bridgehead atoms. The maximum Gasteiger partial charge on any atom is 0.349 e. The van der Waals surface area contributed by atoms with E-state index in [1.807, 2.05) is 13.8 Å². The molecular formula is C34H56N4O3. The summed E-state index contributed by atoms with van der Waals surface area (Å²) in [6.07, 6.45) is 7.54. The standard InChI is InChI=1S/C34H56N4O3/c1-12-15-17-38(18-16-13-2)32-36-24(5)26(30(37-32)40-14-3)21-25(22-35)31(39)41-29-27(33(6,7)8)19-23(4)20-28(29)34(9,10)11/h21,23,27-29H,12-20H2,1-11H3/b25-21+. The fourth-order valence-electron chi connectivity index (χ4n) is 5.94. The van der Waals surface area contributed by atoms with Crippen LogP contribution in [0.1, 0.15) is 119 Å². The van der Waals surface area contributed by atoms with Crippen LogP contribution in [0.3, 0.4) is 0 Å². The van der Waals surface area contributed by atoms with Crippen molar-refractivity contribution in [3.05, 3.63) is 16.8 Å². The summed E-state index contributed by atoms with van der Waals surface area (Å²) < 4.78 is 12.3.